The molecule has 0 saturated heterocycles. The van der Waals surface area contributed by atoms with E-state index in [0.29, 0.717) is 6.04 Å². The Morgan fingerprint density at radius 2 is 2.15 bits per heavy atom. The Labute approximate surface area is 81.0 Å². The highest BCUT2D eigenvalue weighted by molar-refractivity contribution is 4.97. The maximum atomic E-state index is 5.64. The lowest BCUT2D eigenvalue weighted by Crippen LogP contribution is -2.45. The highest BCUT2D eigenvalue weighted by atomic mass is 16.5. The van der Waals surface area contributed by atoms with Crippen molar-refractivity contribution in [3.63, 3.8) is 0 Å². The van der Waals surface area contributed by atoms with Crippen LogP contribution in [0.4, 0.5) is 0 Å². The predicted molar refractivity (Wildman–Crippen MR) is 53.8 cm³/mol. The lowest BCUT2D eigenvalue weighted by atomic mass is 9.75. The molecule has 1 atom stereocenters. The minimum Gasteiger partial charge on any atom is -0.378 e. The fourth-order valence-corrected chi connectivity index (χ4v) is 2.47. The van der Waals surface area contributed by atoms with E-state index >= 15 is 0 Å². The highest BCUT2D eigenvalue weighted by Crippen LogP contribution is 2.43. The Morgan fingerprint density at radius 1 is 1.46 bits per heavy atom. The van der Waals surface area contributed by atoms with Crippen LogP contribution >= 0.6 is 0 Å². The van der Waals surface area contributed by atoms with E-state index in [1.165, 1.54) is 38.5 Å². The first-order valence-electron chi connectivity index (χ1n) is 5.52. The Hall–Kier alpha value is -0.0800. The number of ether oxygens (including phenoxy) is 1. The Bertz CT molecular complexity index is 167. The molecule has 2 saturated carbocycles. The van der Waals surface area contributed by atoms with Gasteiger partial charge in [0.1, 0.15) is 0 Å². The molecule has 0 aromatic carbocycles. The minimum atomic E-state index is 0.246. The van der Waals surface area contributed by atoms with E-state index in [4.69, 9.17) is 4.74 Å². The monoisotopic (exact) mass is 183 g/mol. The summed E-state index contributed by atoms with van der Waals surface area (Å²) < 4.78 is 5.64. The molecule has 13 heavy (non-hydrogen) atoms. The van der Waals surface area contributed by atoms with Crippen molar-refractivity contribution in [1.29, 1.82) is 0 Å². The zero-order valence-corrected chi connectivity index (χ0v) is 8.81. The summed E-state index contributed by atoms with van der Waals surface area (Å²) in [5, 5.41) is 3.44. The zero-order chi connectivity index (χ0) is 9.31. The Morgan fingerprint density at radius 3 is 2.46 bits per heavy atom. The molecule has 2 aliphatic carbocycles. The first-order valence-corrected chi connectivity index (χ1v) is 5.52. The van der Waals surface area contributed by atoms with Crippen LogP contribution in [-0.2, 0) is 4.74 Å². The molecular weight excluding hydrogens is 162 g/mol. The van der Waals surface area contributed by atoms with E-state index in [1.807, 2.05) is 7.11 Å². The van der Waals surface area contributed by atoms with Gasteiger partial charge in [-0.05, 0) is 51.5 Å². The first-order chi connectivity index (χ1) is 6.29. The Balaban J connectivity index is 1.86. The van der Waals surface area contributed by atoms with E-state index < -0.39 is 0 Å². The fraction of sp³-hybridized carbons (Fsp3) is 1.00. The summed E-state index contributed by atoms with van der Waals surface area (Å²) in [4.78, 5) is 0. The number of methoxy groups -OCH3 is 1. The molecule has 0 radical (unpaired) electrons. The standard InChI is InChI=1S/C11H21NO/c1-12-10(9-4-5-9)8-11(13-2)6-3-7-11/h9-10,12H,3-8H2,1-2H3. The van der Waals surface area contributed by atoms with E-state index in [-0.39, 0.29) is 5.60 Å². The van der Waals surface area contributed by atoms with Crippen LogP contribution in [0, 0.1) is 5.92 Å². The van der Waals surface area contributed by atoms with E-state index in [0.717, 1.165) is 5.92 Å². The van der Waals surface area contributed by atoms with Gasteiger partial charge in [0, 0.05) is 13.2 Å². The molecule has 1 unspecified atom stereocenters. The quantitative estimate of drug-likeness (QED) is 0.703. The van der Waals surface area contributed by atoms with Gasteiger partial charge in [0.25, 0.3) is 0 Å². The lowest BCUT2D eigenvalue weighted by Gasteiger charge is -2.43. The molecule has 2 rings (SSSR count). The van der Waals surface area contributed by atoms with Gasteiger partial charge >= 0.3 is 0 Å². The van der Waals surface area contributed by atoms with Gasteiger partial charge in [-0.25, -0.2) is 0 Å². The molecule has 2 nitrogen and oxygen atoms in total. The summed E-state index contributed by atoms with van der Waals surface area (Å²) in [6, 6.07) is 0.709. The molecule has 0 aliphatic heterocycles. The van der Waals surface area contributed by atoms with Crippen LogP contribution in [0.5, 0.6) is 0 Å². The second-order valence-electron chi connectivity index (χ2n) is 4.68. The second-order valence-corrected chi connectivity index (χ2v) is 4.68. The predicted octanol–water partition coefficient (Wildman–Crippen LogP) is 1.94. The van der Waals surface area contributed by atoms with Gasteiger partial charge in [-0.2, -0.15) is 0 Å². The SMILES string of the molecule is CNC(CC1(OC)CCC1)C1CC1. The van der Waals surface area contributed by atoms with Crippen molar-refractivity contribution in [3.05, 3.63) is 0 Å². The van der Waals surface area contributed by atoms with Gasteiger partial charge in [-0.15, -0.1) is 0 Å². The maximum Gasteiger partial charge on any atom is 0.0693 e. The topological polar surface area (TPSA) is 21.3 Å². The van der Waals surface area contributed by atoms with Crippen molar-refractivity contribution in [3.8, 4) is 0 Å². The third-order valence-electron chi connectivity index (χ3n) is 3.85. The number of rotatable bonds is 5. The van der Waals surface area contributed by atoms with Crippen molar-refractivity contribution in [2.24, 2.45) is 5.92 Å². The van der Waals surface area contributed by atoms with Crippen LogP contribution in [0.2, 0.25) is 0 Å². The van der Waals surface area contributed by atoms with Gasteiger partial charge in [0.2, 0.25) is 0 Å². The van der Waals surface area contributed by atoms with Crippen LogP contribution in [-0.4, -0.2) is 25.8 Å². The van der Waals surface area contributed by atoms with Gasteiger partial charge < -0.3 is 10.1 Å². The average molecular weight is 183 g/mol. The van der Waals surface area contributed by atoms with Crippen molar-refractivity contribution < 1.29 is 4.74 Å². The van der Waals surface area contributed by atoms with Gasteiger partial charge in [-0.3, -0.25) is 0 Å². The van der Waals surface area contributed by atoms with Crippen LogP contribution in [0.3, 0.4) is 0 Å². The van der Waals surface area contributed by atoms with E-state index in [2.05, 4.69) is 12.4 Å². The molecule has 2 aliphatic rings. The van der Waals surface area contributed by atoms with E-state index in [1.54, 1.807) is 0 Å². The summed E-state index contributed by atoms with van der Waals surface area (Å²) in [5.41, 5.74) is 0.246. The molecule has 0 aromatic rings. The normalized spacial score (nSPS) is 28.2. The summed E-state index contributed by atoms with van der Waals surface area (Å²) in [7, 11) is 3.96. The maximum absolute atomic E-state index is 5.64. The van der Waals surface area contributed by atoms with Crippen molar-refractivity contribution in [2.75, 3.05) is 14.2 Å². The molecule has 0 heterocycles. The first kappa shape index (κ1) is 9.47. The molecule has 0 aromatic heterocycles. The lowest BCUT2D eigenvalue weighted by molar-refractivity contribution is -0.0843. The van der Waals surface area contributed by atoms with Gasteiger partial charge in [-0.1, -0.05) is 0 Å². The summed E-state index contributed by atoms with van der Waals surface area (Å²) >= 11 is 0. The molecule has 76 valence electrons. The van der Waals surface area contributed by atoms with Crippen molar-refractivity contribution in [1.82, 2.24) is 5.32 Å². The number of hydrogen-bond donors (Lipinski definition) is 1. The molecule has 0 spiro atoms. The second kappa shape index (κ2) is 3.58. The minimum absolute atomic E-state index is 0.246. The third-order valence-corrected chi connectivity index (χ3v) is 3.85. The largest absolute Gasteiger partial charge is 0.378 e. The fourth-order valence-electron chi connectivity index (χ4n) is 2.47. The average Bonchev–Trinajstić information content (AvgIpc) is 2.87. The zero-order valence-electron chi connectivity index (χ0n) is 8.81. The molecule has 2 fully saturated rings. The smallest absolute Gasteiger partial charge is 0.0693 e. The van der Waals surface area contributed by atoms with Crippen LogP contribution in [0.15, 0.2) is 0 Å². The molecule has 0 amide bonds. The van der Waals surface area contributed by atoms with Crippen LogP contribution in [0.25, 0.3) is 0 Å². The summed E-state index contributed by atoms with van der Waals surface area (Å²) in [5.74, 6) is 0.942. The highest BCUT2D eigenvalue weighted by Gasteiger charge is 2.42. The number of hydrogen-bond acceptors (Lipinski definition) is 2. The van der Waals surface area contributed by atoms with E-state index in [9.17, 15) is 0 Å². The van der Waals surface area contributed by atoms with Crippen LogP contribution in [0.1, 0.15) is 38.5 Å². The van der Waals surface area contributed by atoms with Crippen molar-refractivity contribution >= 4 is 0 Å². The summed E-state index contributed by atoms with van der Waals surface area (Å²) in [6.07, 6.45) is 7.97. The molecule has 1 N–H and O–H groups in total. The van der Waals surface area contributed by atoms with Crippen LogP contribution < -0.4 is 5.32 Å². The summed E-state index contributed by atoms with van der Waals surface area (Å²) in [6.45, 7) is 0. The third kappa shape index (κ3) is 1.89. The number of nitrogens with one attached hydrogen (secondary N) is 1. The molecule has 0 bridgehead atoms. The van der Waals surface area contributed by atoms with Gasteiger partial charge in [0.15, 0.2) is 0 Å². The van der Waals surface area contributed by atoms with Crippen molar-refractivity contribution in [2.45, 2.75) is 50.2 Å². The Kier molecular flexibility index (Phi) is 2.61. The van der Waals surface area contributed by atoms with Gasteiger partial charge in [0.05, 0.1) is 5.60 Å². The molecular formula is C11H21NO. The molecule has 2 heteroatoms.